The molecular formula is C14H10BrN3O2. The van der Waals surface area contributed by atoms with Crippen LogP contribution in [0.1, 0.15) is 10.4 Å². The van der Waals surface area contributed by atoms with E-state index in [4.69, 9.17) is 4.42 Å². The van der Waals surface area contributed by atoms with Gasteiger partial charge in [-0.15, -0.1) is 0 Å². The van der Waals surface area contributed by atoms with Gasteiger partial charge in [-0.1, -0.05) is 0 Å². The van der Waals surface area contributed by atoms with Gasteiger partial charge >= 0.3 is 0 Å². The number of amides is 1. The lowest BCUT2D eigenvalue weighted by Crippen LogP contribution is -2.11. The summed E-state index contributed by atoms with van der Waals surface area (Å²) in [5.74, 6) is -0.225. The molecule has 0 bridgehead atoms. The van der Waals surface area contributed by atoms with Gasteiger partial charge in [0.05, 0.1) is 17.5 Å². The monoisotopic (exact) mass is 331 g/mol. The molecule has 2 heterocycles. The smallest absolute Gasteiger partial charge is 0.260 e. The van der Waals surface area contributed by atoms with Crippen molar-refractivity contribution >= 4 is 27.5 Å². The van der Waals surface area contributed by atoms with Crippen LogP contribution in [-0.4, -0.2) is 15.7 Å². The molecule has 3 aromatic rings. The van der Waals surface area contributed by atoms with Crippen molar-refractivity contribution in [2.45, 2.75) is 0 Å². The van der Waals surface area contributed by atoms with Gasteiger partial charge in [0.2, 0.25) is 0 Å². The van der Waals surface area contributed by atoms with Crippen LogP contribution >= 0.6 is 15.9 Å². The van der Waals surface area contributed by atoms with E-state index in [9.17, 15) is 4.79 Å². The van der Waals surface area contributed by atoms with E-state index in [-0.39, 0.29) is 5.91 Å². The summed E-state index contributed by atoms with van der Waals surface area (Å²) in [6.07, 6.45) is 5.03. The minimum absolute atomic E-state index is 0.225. The van der Waals surface area contributed by atoms with Crippen molar-refractivity contribution in [3.63, 3.8) is 0 Å². The Bertz CT molecular complexity index is 717. The number of carbonyl (C=O) groups is 1. The van der Waals surface area contributed by atoms with E-state index in [2.05, 4.69) is 26.3 Å². The number of nitrogens with zero attached hydrogens (tertiary/aromatic N) is 2. The van der Waals surface area contributed by atoms with E-state index < -0.39 is 0 Å². The highest BCUT2D eigenvalue weighted by molar-refractivity contribution is 9.10. The molecule has 5 nitrogen and oxygen atoms in total. The second kappa shape index (κ2) is 5.34. The number of nitrogens with one attached hydrogen (secondary N) is 1. The maximum Gasteiger partial charge on any atom is 0.260 e. The molecule has 6 heteroatoms. The quantitative estimate of drug-likeness (QED) is 0.799. The topological polar surface area (TPSA) is 60.1 Å². The number of aromatic nitrogens is 2. The standard InChI is InChI=1S/C14H10BrN3O2/c15-13-12(6-9-20-13)14(19)17-10-2-4-11(5-3-10)18-8-1-7-16-18/h1-9H,(H,17,19). The fourth-order valence-electron chi connectivity index (χ4n) is 1.77. The molecule has 20 heavy (non-hydrogen) atoms. The second-order valence-electron chi connectivity index (χ2n) is 4.06. The number of rotatable bonds is 3. The maximum atomic E-state index is 12.0. The van der Waals surface area contributed by atoms with Crippen LogP contribution in [0.5, 0.6) is 0 Å². The van der Waals surface area contributed by atoms with Gasteiger partial charge in [0.15, 0.2) is 4.67 Å². The maximum absolute atomic E-state index is 12.0. The Labute approximate surface area is 123 Å². The molecule has 3 rings (SSSR count). The summed E-state index contributed by atoms with van der Waals surface area (Å²) in [4.78, 5) is 12.0. The van der Waals surface area contributed by atoms with E-state index in [1.807, 2.05) is 36.5 Å². The van der Waals surface area contributed by atoms with E-state index in [0.29, 0.717) is 15.9 Å². The number of hydrogen-bond acceptors (Lipinski definition) is 3. The first-order valence-corrected chi connectivity index (χ1v) is 6.68. The predicted molar refractivity (Wildman–Crippen MR) is 77.9 cm³/mol. The second-order valence-corrected chi connectivity index (χ2v) is 4.78. The van der Waals surface area contributed by atoms with Crippen LogP contribution in [0.2, 0.25) is 0 Å². The van der Waals surface area contributed by atoms with Gasteiger partial charge in [0.1, 0.15) is 0 Å². The highest BCUT2D eigenvalue weighted by atomic mass is 79.9. The molecule has 2 aromatic heterocycles. The first-order valence-electron chi connectivity index (χ1n) is 5.88. The van der Waals surface area contributed by atoms with Crippen molar-refractivity contribution in [3.05, 3.63) is 65.3 Å². The third-order valence-corrected chi connectivity index (χ3v) is 3.37. The highest BCUT2D eigenvalue weighted by Gasteiger charge is 2.12. The van der Waals surface area contributed by atoms with Gasteiger partial charge in [0.25, 0.3) is 5.91 Å². The Morgan fingerprint density at radius 1 is 1.25 bits per heavy atom. The van der Waals surface area contributed by atoms with Crippen molar-refractivity contribution < 1.29 is 9.21 Å². The lowest BCUT2D eigenvalue weighted by molar-refractivity contribution is 0.102. The van der Waals surface area contributed by atoms with Crippen LogP contribution < -0.4 is 5.32 Å². The van der Waals surface area contributed by atoms with Gasteiger partial charge in [-0.2, -0.15) is 5.10 Å². The molecule has 0 aliphatic heterocycles. The lowest BCUT2D eigenvalue weighted by Gasteiger charge is -2.06. The SMILES string of the molecule is O=C(Nc1ccc(-n2cccn2)cc1)c1ccoc1Br. The molecule has 1 aromatic carbocycles. The zero-order valence-corrected chi connectivity index (χ0v) is 11.9. The van der Waals surface area contributed by atoms with E-state index in [1.54, 1.807) is 16.9 Å². The van der Waals surface area contributed by atoms with Crippen LogP contribution in [0.4, 0.5) is 5.69 Å². The third kappa shape index (κ3) is 2.50. The molecule has 0 aliphatic carbocycles. The lowest BCUT2D eigenvalue weighted by atomic mass is 10.2. The molecule has 0 saturated carbocycles. The summed E-state index contributed by atoms with van der Waals surface area (Å²) >= 11 is 3.18. The van der Waals surface area contributed by atoms with E-state index in [1.165, 1.54) is 6.26 Å². The summed E-state index contributed by atoms with van der Waals surface area (Å²) < 4.78 is 7.20. The normalized spacial score (nSPS) is 10.4. The largest absolute Gasteiger partial charge is 0.457 e. The molecular weight excluding hydrogens is 322 g/mol. The average molecular weight is 332 g/mol. The van der Waals surface area contributed by atoms with Crippen LogP contribution in [0.25, 0.3) is 5.69 Å². The summed E-state index contributed by atoms with van der Waals surface area (Å²) in [7, 11) is 0. The van der Waals surface area contributed by atoms with Crippen LogP contribution in [0.3, 0.4) is 0 Å². The van der Waals surface area contributed by atoms with Crippen molar-refractivity contribution in [1.29, 1.82) is 0 Å². The van der Waals surface area contributed by atoms with Crippen molar-refractivity contribution in [2.24, 2.45) is 0 Å². The molecule has 0 radical (unpaired) electrons. The number of hydrogen-bond donors (Lipinski definition) is 1. The fourth-order valence-corrected chi connectivity index (χ4v) is 2.19. The summed E-state index contributed by atoms with van der Waals surface area (Å²) in [6, 6.07) is 10.9. The van der Waals surface area contributed by atoms with E-state index in [0.717, 1.165) is 5.69 Å². The summed E-state index contributed by atoms with van der Waals surface area (Å²) in [6.45, 7) is 0. The van der Waals surface area contributed by atoms with Crippen LogP contribution in [0, 0.1) is 0 Å². The third-order valence-electron chi connectivity index (χ3n) is 2.76. The average Bonchev–Trinajstić information content (AvgIpc) is 3.10. The molecule has 1 N–H and O–H groups in total. The first kappa shape index (κ1) is 12.7. The molecule has 0 spiro atoms. The first-order chi connectivity index (χ1) is 9.74. The minimum Gasteiger partial charge on any atom is -0.457 e. The Hall–Kier alpha value is -2.34. The van der Waals surface area contributed by atoms with Gasteiger partial charge in [-0.3, -0.25) is 4.79 Å². The number of carbonyl (C=O) groups excluding carboxylic acids is 1. The fraction of sp³-hybridized carbons (Fsp3) is 0. The Kier molecular flexibility index (Phi) is 3.39. The zero-order valence-electron chi connectivity index (χ0n) is 10.3. The van der Waals surface area contributed by atoms with Crippen molar-refractivity contribution in [2.75, 3.05) is 5.32 Å². The molecule has 100 valence electrons. The zero-order chi connectivity index (χ0) is 13.9. The van der Waals surface area contributed by atoms with Crippen molar-refractivity contribution in [3.8, 4) is 5.69 Å². The molecule has 0 unspecified atom stereocenters. The number of furan rings is 1. The van der Waals surface area contributed by atoms with Crippen LogP contribution in [0.15, 0.2) is 64.1 Å². The highest BCUT2D eigenvalue weighted by Crippen LogP contribution is 2.19. The van der Waals surface area contributed by atoms with Gasteiger partial charge in [-0.05, 0) is 52.3 Å². The number of anilines is 1. The van der Waals surface area contributed by atoms with Crippen molar-refractivity contribution in [1.82, 2.24) is 9.78 Å². The Morgan fingerprint density at radius 2 is 2.05 bits per heavy atom. The minimum atomic E-state index is -0.225. The Balaban J connectivity index is 1.76. The Morgan fingerprint density at radius 3 is 2.65 bits per heavy atom. The number of benzene rings is 1. The van der Waals surface area contributed by atoms with Gasteiger partial charge < -0.3 is 9.73 Å². The van der Waals surface area contributed by atoms with Gasteiger partial charge in [-0.25, -0.2) is 4.68 Å². The van der Waals surface area contributed by atoms with E-state index >= 15 is 0 Å². The van der Waals surface area contributed by atoms with Crippen LogP contribution in [-0.2, 0) is 0 Å². The summed E-state index contributed by atoms with van der Waals surface area (Å²) in [5.41, 5.74) is 2.10. The predicted octanol–water partition coefficient (Wildman–Crippen LogP) is 3.48. The molecule has 0 saturated heterocycles. The number of halogens is 1. The molecule has 0 atom stereocenters. The van der Waals surface area contributed by atoms with Gasteiger partial charge in [0, 0.05) is 18.1 Å². The molecule has 1 amide bonds. The molecule has 0 aliphatic rings. The summed E-state index contributed by atoms with van der Waals surface area (Å²) in [5, 5.41) is 6.94. The molecule has 0 fully saturated rings.